The number of carboxylic acid groups (broad SMARTS) is 1. The molecule has 5 nitrogen and oxygen atoms in total. The molecule has 1 aliphatic heterocycles. The summed E-state index contributed by atoms with van der Waals surface area (Å²) in [7, 11) is 1.18. The van der Waals surface area contributed by atoms with E-state index in [0.29, 0.717) is 0 Å². The van der Waals surface area contributed by atoms with Crippen molar-refractivity contribution in [1.29, 1.82) is 0 Å². The van der Waals surface area contributed by atoms with E-state index in [1.165, 1.54) is 7.11 Å². The average Bonchev–Trinajstić information content (AvgIpc) is 3.08. The molecule has 1 heterocycles. The number of ether oxygens (including phenoxy) is 1. The number of benzene rings is 1. The summed E-state index contributed by atoms with van der Waals surface area (Å²) in [5.41, 5.74) is -3.04. The van der Waals surface area contributed by atoms with Crippen LogP contribution >= 0.6 is 22.6 Å². The van der Waals surface area contributed by atoms with Crippen LogP contribution in [0.4, 0.5) is 13.2 Å². The van der Waals surface area contributed by atoms with Gasteiger partial charge in [0, 0.05) is 9.13 Å². The van der Waals surface area contributed by atoms with Gasteiger partial charge in [0.25, 0.3) is 0 Å². The molecule has 1 aliphatic rings. The summed E-state index contributed by atoms with van der Waals surface area (Å²) >= 11 is 1.62. The predicted molar refractivity (Wildman–Crippen MR) is 65.3 cm³/mol. The number of methoxy groups -OCH3 is 1. The summed E-state index contributed by atoms with van der Waals surface area (Å²) in [6.45, 7) is 0. The Morgan fingerprint density at radius 2 is 2.00 bits per heavy atom. The first-order chi connectivity index (χ1) is 8.73. The average molecular weight is 386 g/mol. The summed E-state index contributed by atoms with van der Waals surface area (Å²) in [6.07, 6.45) is -4.66. The van der Waals surface area contributed by atoms with Crippen LogP contribution in [0.1, 0.15) is 15.9 Å². The van der Waals surface area contributed by atoms with Crippen molar-refractivity contribution in [3.8, 4) is 5.75 Å². The van der Waals surface area contributed by atoms with Gasteiger partial charge < -0.3 is 9.84 Å². The number of halogens is 4. The third-order valence-corrected chi connectivity index (χ3v) is 3.48. The number of hydrogen-bond acceptors (Lipinski definition) is 4. The number of aromatic carboxylic acids is 1. The maximum Gasteiger partial charge on any atom is 0.442 e. The van der Waals surface area contributed by atoms with Crippen LogP contribution in [0.2, 0.25) is 0 Å². The zero-order valence-corrected chi connectivity index (χ0v) is 11.5. The van der Waals surface area contributed by atoms with Crippen molar-refractivity contribution in [3.05, 3.63) is 26.8 Å². The zero-order valence-electron chi connectivity index (χ0n) is 9.32. The summed E-state index contributed by atoms with van der Waals surface area (Å²) < 4.78 is 43.6. The molecule has 0 saturated heterocycles. The number of carbonyl (C=O) groups is 1. The van der Waals surface area contributed by atoms with E-state index in [0.717, 1.165) is 12.1 Å². The molecule has 0 fully saturated rings. The molecule has 1 N–H and O–H groups in total. The van der Waals surface area contributed by atoms with Crippen LogP contribution in [0.5, 0.6) is 5.75 Å². The van der Waals surface area contributed by atoms with Crippen molar-refractivity contribution in [2.45, 2.75) is 11.8 Å². The number of carboxylic acids is 1. The van der Waals surface area contributed by atoms with Crippen LogP contribution in [0.15, 0.2) is 22.4 Å². The maximum atomic E-state index is 12.9. The largest absolute Gasteiger partial charge is 0.496 e. The Labute approximate surface area is 118 Å². The number of hydrogen-bond donors (Lipinski definition) is 1. The van der Waals surface area contributed by atoms with Gasteiger partial charge in [0.1, 0.15) is 11.3 Å². The van der Waals surface area contributed by atoms with E-state index >= 15 is 0 Å². The number of alkyl halides is 3. The minimum absolute atomic E-state index is 0.109. The summed E-state index contributed by atoms with van der Waals surface area (Å²) in [4.78, 5) is 11.0. The van der Waals surface area contributed by atoms with Gasteiger partial charge in [0.15, 0.2) is 0 Å². The highest BCUT2D eigenvalue weighted by molar-refractivity contribution is 14.1. The molecule has 0 amide bonds. The number of rotatable bonds is 3. The van der Waals surface area contributed by atoms with Gasteiger partial charge in [-0.15, -0.1) is 10.2 Å². The van der Waals surface area contributed by atoms with E-state index in [2.05, 4.69) is 10.2 Å². The van der Waals surface area contributed by atoms with Crippen LogP contribution in [0.25, 0.3) is 0 Å². The third kappa shape index (κ3) is 2.15. The zero-order chi connectivity index (χ0) is 14.4. The van der Waals surface area contributed by atoms with Crippen LogP contribution in [-0.2, 0) is 5.66 Å². The fraction of sp³-hybridized carbons (Fsp3) is 0.300. The molecule has 0 spiro atoms. The molecule has 9 heteroatoms. The van der Waals surface area contributed by atoms with Gasteiger partial charge in [0.05, 0.1) is 7.11 Å². The Kier molecular flexibility index (Phi) is 3.19. The molecule has 0 atom stereocenters. The normalized spacial score (nSPS) is 16.3. The van der Waals surface area contributed by atoms with Gasteiger partial charge in [-0.1, -0.05) is 0 Å². The van der Waals surface area contributed by atoms with E-state index in [4.69, 9.17) is 9.84 Å². The van der Waals surface area contributed by atoms with Crippen molar-refractivity contribution >= 4 is 28.6 Å². The molecule has 0 unspecified atom stereocenters. The van der Waals surface area contributed by atoms with Crippen LogP contribution in [-0.4, -0.2) is 24.4 Å². The van der Waals surface area contributed by atoms with E-state index in [1.807, 2.05) is 0 Å². The first-order valence-electron chi connectivity index (χ1n) is 4.85. The molecule has 2 rings (SSSR count). The fourth-order valence-corrected chi connectivity index (χ4v) is 2.42. The lowest BCUT2D eigenvalue weighted by Gasteiger charge is -2.18. The van der Waals surface area contributed by atoms with Gasteiger partial charge in [0.2, 0.25) is 0 Å². The minimum atomic E-state index is -4.66. The Balaban J connectivity index is 2.58. The second-order valence-corrected chi connectivity index (χ2v) is 4.87. The van der Waals surface area contributed by atoms with Crippen LogP contribution in [0, 0.1) is 3.57 Å². The lowest BCUT2D eigenvalue weighted by atomic mass is 10.0. The first kappa shape index (κ1) is 14.0. The second kappa shape index (κ2) is 4.32. The Hall–Kier alpha value is -1.39. The van der Waals surface area contributed by atoms with Crippen LogP contribution < -0.4 is 4.74 Å². The van der Waals surface area contributed by atoms with Crippen molar-refractivity contribution < 1.29 is 27.8 Å². The molecular weight excluding hydrogens is 380 g/mol. The summed E-state index contributed by atoms with van der Waals surface area (Å²) in [5.74, 6) is -1.45. The standard InChI is InChI=1S/C10H6F3IN2O3/c1-19-7-3-5(6(14)2-4(7)8(17)18)9(15-16-9)10(11,12)13/h2-3H,1H3,(H,17,18). The predicted octanol–water partition coefficient (Wildman–Crippen LogP) is 3.18. The molecule has 0 aliphatic carbocycles. The molecular formula is C10H6F3IN2O3. The Bertz CT molecular complexity index is 580. The smallest absolute Gasteiger partial charge is 0.442 e. The minimum Gasteiger partial charge on any atom is -0.496 e. The molecule has 1 aromatic carbocycles. The van der Waals surface area contributed by atoms with Crippen molar-refractivity contribution in [3.63, 3.8) is 0 Å². The fourth-order valence-electron chi connectivity index (χ4n) is 1.58. The quantitative estimate of drug-likeness (QED) is 0.812. The lowest BCUT2D eigenvalue weighted by molar-refractivity contribution is -0.166. The van der Waals surface area contributed by atoms with E-state index in [-0.39, 0.29) is 20.4 Å². The van der Waals surface area contributed by atoms with Crippen molar-refractivity contribution in [2.24, 2.45) is 10.2 Å². The molecule has 0 bridgehead atoms. The highest BCUT2D eigenvalue weighted by Crippen LogP contribution is 2.54. The Morgan fingerprint density at radius 3 is 2.37 bits per heavy atom. The van der Waals surface area contributed by atoms with Crippen LogP contribution in [0.3, 0.4) is 0 Å². The van der Waals surface area contributed by atoms with Gasteiger partial charge in [-0.05, 0) is 34.7 Å². The van der Waals surface area contributed by atoms with Crippen molar-refractivity contribution in [1.82, 2.24) is 0 Å². The Morgan fingerprint density at radius 1 is 1.42 bits per heavy atom. The van der Waals surface area contributed by atoms with Gasteiger partial charge in [-0.25, -0.2) is 4.79 Å². The maximum absolute atomic E-state index is 12.9. The summed E-state index contributed by atoms with van der Waals surface area (Å²) in [5, 5.41) is 15.1. The highest BCUT2D eigenvalue weighted by atomic mass is 127. The first-order valence-corrected chi connectivity index (χ1v) is 5.93. The van der Waals surface area contributed by atoms with Gasteiger partial charge in [-0.3, -0.25) is 0 Å². The second-order valence-electron chi connectivity index (χ2n) is 3.71. The molecule has 19 heavy (non-hydrogen) atoms. The van der Waals surface area contributed by atoms with E-state index in [9.17, 15) is 18.0 Å². The molecule has 0 radical (unpaired) electrons. The monoisotopic (exact) mass is 386 g/mol. The highest BCUT2D eigenvalue weighted by Gasteiger charge is 2.66. The molecule has 1 aromatic rings. The summed E-state index contributed by atoms with van der Waals surface area (Å²) in [6, 6.07) is 2.12. The topological polar surface area (TPSA) is 71.2 Å². The molecule has 0 saturated carbocycles. The third-order valence-electron chi connectivity index (χ3n) is 2.59. The van der Waals surface area contributed by atoms with Gasteiger partial charge >= 0.3 is 17.8 Å². The SMILES string of the molecule is COc1cc(C2(C(F)(F)F)N=N2)c(I)cc1C(=O)O. The molecule has 0 aromatic heterocycles. The lowest BCUT2D eigenvalue weighted by Crippen LogP contribution is -2.31. The number of nitrogens with zero attached hydrogens (tertiary/aromatic N) is 2. The van der Waals surface area contributed by atoms with E-state index < -0.39 is 17.8 Å². The van der Waals surface area contributed by atoms with Gasteiger partial charge in [-0.2, -0.15) is 13.2 Å². The molecule has 102 valence electrons. The van der Waals surface area contributed by atoms with E-state index in [1.54, 1.807) is 22.6 Å². The van der Waals surface area contributed by atoms with Crippen molar-refractivity contribution in [2.75, 3.05) is 7.11 Å².